The van der Waals surface area contributed by atoms with Crippen LogP contribution in [0, 0.1) is 0 Å². The summed E-state index contributed by atoms with van der Waals surface area (Å²) in [6.45, 7) is -0.861. The van der Waals surface area contributed by atoms with Crippen molar-refractivity contribution in [3.63, 3.8) is 0 Å². The van der Waals surface area contributed by atoms with Crippen LogP contribution >= 0.6 is 11.3 Å². The molecule has 114 valence electrons. The van der Waals surface area contributed by atoms with Crippen LogP contribution in [0.25, 0.3) is 0 Å². The summed E-state index contributed by atoms with van der Waals surface area (Å²) >= 11 is 1.67. The summed E-state index contributed by atoms with van der Waals surface area (Å²) in [7, 11) is 0. The van der Waals surface area contributed by atoms with Crippen molar-refractivity contribution in [3.05, 3.63) is 33.6 Å². The third-order valence-corrected chi connectivity index (χ3v) is 4.02. The maximum absolute atomic E-state index is 12.0. The highest BCUT2D eigenvalue weighted by molar-refractivity contribution is 7.10. The molecule has 0 bridgehead atoms. The fourth-order valence-electron chi connectivity index (χ4n) is 2.17. The first-order valence-electron chi connectivity index (χ1n) is 6.29. The standard InChI is InChI=1S/C12H12F3N3O2S/c13-12(14,15)6-19-5-9-17-11(20-18-9)10-7-2-4-21-8(7)1-3-16-10/h2,4,10,16H,1,3,5-6H2. The normalized spacial score (nSPS) is 18.7. The Balaban J connectivity index is 1.66. The first-order chi connectivity index (χ1) is 10.0. The van der Waals surface area contributed by atoms with E-state index in [1.807, 2.05) is 11.4 Å². The van der Waals surface area contributed by atoms with Crippen LogP contribution in [0.1, 0.15) is 28.2 Å². The number of fused-ring (bicyclic) bond motifs is 1. The number of hydrogen-bond acceptors (Lipinski definition) is 6. The zero-order chi connectivity index (χ0) is 14.9. The lowest BCUT2D eigenvalue weighted by Gasteiger charge is -2.20. The molecular formula is C12H12F3N3O2S. The van der Waals surface area contributed by atoms with E-state index in [0.29, 0.717) is 5.89 Å². The van der Waals surface area contributed by atoms with E-state index in [2.05, 4.69) is 20.2 Å². The summed E-state index contributed by atoms with van der Waals surface area (Å²) in [6, 6.07) is 1.78. The fourth-order valence-corrected chi connectivity index (χ4v) is 3.09. The second kappa shape index (κ2) is 5.74. The molecule has 0 amide bonds. The van der Waals surface area contributed by atoms with Gasteiger partial charge < -0.3 is 14.6 Å². The molecule has 0 fully saturated rings. The van der Waals surface area contributed by atoms with Gasteiger partial charge in [0.15, 0.2) is 5.82 Å². The maximum atomic E-state index is 12.0. The van der Waals surface area contributed by atoms with E-state index in [0.717, 1.165) is 18.5 Å². The molecule has 0 saturated heterocycles. The molecule has 9 heteroatoms. The quantitative estimate of drug-likeness (QED) is 0.938. The number of aromatic nitrogens is 2. The summed E-state index contributed by atoms with van der Waals surface area (Å²) in [6.07, 6.45) is -3.41. The van der Waals surface area contributed by atoms with Gasteiger partial charge in [0.1, 0.15) is 19.3 Å². The van der Waals surface area contributed by atoms with Crippen molar-refractivity contribution in [2.24, 2.45) is 0 Å². The zero-order valence-corrected chi connectivity index (χ0v) is 11.6. The van der Waals surface area contributed by atoms with Crippen LogP contribution in [-0.4, -0.2) is 29.5 Å². The van der Waals surface area contributed by atoms with Gasteiger partial charge in [-0.15, -0.1) is 11.3 Å². The molecule has 2 aromatic rings. The number of nitrogens with one attached hydrogen (secondary N) is 1. The van der Waals surface area contributed by atoms with E-state index < -0.39 is 12.8 Å². The minimum Gasteiger partial charge on any atom is -0.364 e. The van der Waals surface area contributed by atoms with Crippen molar-refractivity contribution in [1.82, 2.24) is 15.5 Å². The van der Waals surface area contributed by atoms with Gasteiger partial charge in [0.05, 0.1) is 0 Å². The van der Waals surface area contributed by atoms with Crippen LogP contribution in [0.3, 0.4) is 0 Å². The molecular weight excluding hydrogens is 307 g/mol. The largest absolute Gasteiger partial charge is 0.411 e. The number of alkyl halides is 3. The molecule has 21 heavy (non-hydrogen) atoms. The van der Waals surface area contributed by atoms with Crippen LogP contribution in [-0.2, 0) is 17.8 Å². The molecule has 1 atom stereocenters. The van der Waals surface area contributed by atoms with Gasteiger partial charge in [-0.1, -0.05) is 5.16 Å². The Kier molecular flexibility index (Phi) is 3.96. The Morgan fingerprint density at radius 3 is 3.14 bits per heavy atom. The predicted octanol–water partition coefficient (Wildman–Crippen LogP) is 2.45. The van der Waals surface area contributed by atoms with Crippen LogP contribution in [0.4, 0.5) is 13.2 Å². The smallest absolute Gasteiger partial charge is 0.364 e. The Morgan fingerprint density at radius 1 is 1.48 bits per heavy atom. The number of hydrogen-bond donors (Lipinski definition) is 1. The molecule has 0 spiro atoms. The van der Waals surface area contributed by atoms with Crippen LogP contribution in [0.5, 0.6) is 0 Å². The summed E-state index contributed by atoms with van der Waals surface area (Å²) < 4.78 is 45.6. The summed E-state index contributed by atoms with van der Waals surface area (Å²) in [5, 5.41) is 8.91. The van der Waals surface area contributed by atoms with Crippen LogP contribution < -0.4 is 5.32 Å². The van der Waals surface area contributed by atoms with Crippen molar-refractivity contribution in [2.75, 3.05) is 13.2 Å². The first-order valence-corrected chi connectivity index (χ1v) is 7.17. The number of nitrogens with zero attached hydrogens (tertiary/aromatic N) is 2. The van der Waals surface area contributed by atoms with Gasteiger partial charge >= 0.3 is 6.18 Å². The molecule has 3 rings (SSSR count). The summed E-state index contributed by atoms with van der Waals surface area (Å²) in [5.74, 6) is 0.457. The Hall–Kier alpha value is -1.45. The van der Waals surface area contributed by atoms with Crippen LogP contribution in [0.15, 0.2) is 16.0 Å². The van der Waals surface area contributed by atoms with Gasteiger partial charge in [0.2, 0.25) is 5.89 Å². The van der Waals surface area contributed by atoms with Gasteiger partial charge in [0, 0.05) is 11.4 Å². The van der Waals surface area contributed by atoms with Gasteiger partial charge in [-0.25, -0.2) is 0 Å². The lowest BCUT2D eigenvalue weighted by atomic mass is 10.0. The van der Waals surface area contributed by atoms with Crippen molar-refractivity contribution < 1.29 is 22.4 Å². The van der Waals surface area contributed by atoms with Crippen molar-refractivity contribution in [1.29, 1.82) is 0 Å². The van der Waals surface area contributed by atoms with Crippen LogP contribution in [0.2, 0.25) is 0 Å². The lowest BCUT2D eigenvalue weighted by molar-refractivity contribution is -0.177. The Bertz CT molecular complexity index is 611. The third kappa shape index (κ3) is 3.42. The molecule has 1 N–H and O–H groups in total. The molecule has 5 nitrogen and oxygen atoms in total. The van der Waals surface area contributed by atoms with E-state index in [-0.39, 0.29) is 18.5 Å². The number of rotatable bonds is 4. The highest BCUT2D eigenvalue weighted by Gasteiger charge is 2.29. The highest BCUT2D eigenvalue weighted by atomic mass is 32.1. The minimum absolute atomic E-state index is 0.110. The van der Waals surface area contributed by atoms with Crippen molar-refractivity contribution in [3.8, 4) is 0 Å². The predicted molar refractivity (Wildman–Crippen MR) is 67.9 cm³/mol. The average molecular weight is 319 g/mol. The fraction of sp³-hybridized carbons (Fsp3) is 0.500. The van der Waals surface area contributed by atoms with E-state index in [1.54, 1.807) is 11.3 Å². The molecule has 2 aromatic heterocycles. The SMILES string of the molecule is FC(F)(F)COCc1noc(C2NCCc3sccc32)n1. The molecule has 0 aromatic carbocycles. The molecule has 1 unspecified atom stereocenters. The topological polar surface area (TPSA) is 60.2 Å². The zero-order valence-electron chi connectivity index (χ0n) is 10.8. The second-order valence-corrected chi connectivity index (χ2v) is 5.59. The second-order valence-electron chi connectivity index (χ2n) is 4.59. The molecule has 0 saturated carbocycles. The molecule has 0 aliphatic carbocycles. The summed E-state index contributed by atoms with van der Waals surface area (Å²) in [5.41, 5.74) is 1.08. The molecule has 1 aliphatic rings. The van der Waals surface area contributed by atoms with Crippen molar-refractivity contribution in [2.45, 2.75) is 25.2 Å². The Morgan fingerprint density at radius 2 is 2.33 bits per heavy atom. The third-order valence-electron chi connectivity index (χ3n) is 3.02. The first kappa shape index (κ1) is 14.5. The maximum Gasteiger partial charge on any atom is 0.411 e. The van der Waals surface area contributed by atoms with Gasteiger partial charge in [-0.05, 0) is 23.4 Å². The Labute approximate surface area is 122 Å². The molecule has 3 heterocycles. The van der Waals surface area contributed by atoms with E-state index in [1.165, 1.54) is 4.88 Å². The molecule has 0 radical (unpaired) electrons. The average Bonchev–Trinajstić information content (AvgIpc) is 3.04. The highest BCUT2D eigenvalue weighted by Crippen LogP contribution is 2.31. The van der Waals surface area contributed by atoms with Gasteiger partial charge in [-0.3, -0.25) is 0 Å². The number of thiophene rings is 1. The van der Waals surface area contributed by atoms with Gasteiger partial charge in [-0.2, -0.15) is 18.2 Å². The van der Waals surface area contributed by atoms with E-state index >= 15 is 0 Å². The van der Waals surface area contributed by atoms with E-state index in [9.17, 15) is 13.2 Å². The van der Waals surface area contributed by atoms with E-state index in [4.69, 9.17) is 4.52 Å². The number of ether oxygens (including phenoxy) is 1. The van der Waals surface area contributed by atoms with Gasteiger partial charge in [0.25, 0.3) is 0 Å². The number of halogens is 3. The minimum atomic E-state index is -4.36. The van der Waals surface area contributed by atoms with Crippen molar-refractivity contribution >= 4 is 11.3 Å². The monoisotopic (exact) mass is 319 g/mol. The lowest BCUT2D eigenvalue weighted by Crippen LogP contribution is -2.29. The summed E-state index contributed by atoms with van der Waals surface area (Å²) in [4.78, 5) is 5.36. The molecule has 1 aliphatic heterocycles.